The van der Waals surface area contributed by atoms with Crippen molar-refractivity contribution in [1.82, 2.24) is 0 Å². The third-order valence-corrected chi connectivity index (χ3v) is 7.63. The van der Waals surface area contributed by atoms with E-state index in [1.165, 1.54) is 17.2 Å². The molecule has 4 nitrogen and oxygen atoms in total. The van der Waals surface area contributed by atoms with Crippen LogP contribution in [0.1, 0.15) is 75.2 Å². The number of fused-ring (bicyclic) bond motifs is 1. The van der Waals surface area contributed by atoms with E-state index in [-0.39, 0.29) is 12.1 Å². The van der Waals surface area contributed by atoms with E-state index in [2.05, 4.69) is 22.9 Å². The van der Waals surface area contributed by atoms with Crippen molar-refractivity contribution < 1.29 is 19.7 Å². The van der Waals surface area contributed by atoms with E-state index in [4.69, 9.17) is 0 Å². The maximum atomic E-state index is 11.1. The fraction of sp³-hybridized carbons (Fsp3) is 0.625. The van der Waals surface area contributed by atoms with Crippen molar-refractivity contribution in [2.24, 2.45) is 11.8 Å². The molecule has 0 radical (unpaired) electrons. The fourth-order valence-electron chi connectivity index (χ4n) is 4.70. The topological polar surface area (TPSA) is 66.8 Å². The minimum absolute atomic E-state index is 0.124. The van der Waals surface area contributed by atoms with Gasteiger partial charge in [-0.1, -0.05) is 43.9 Å². The lowest BCUT2D eigenvalue weighted by Crippen LogP contribution is -2.20. The first-order chi connectivity index (χ1) is 14.1. The summed E-state index contributed by atoms with van der Waals surface area (Å²) in [6.07, 6.45) is 8.76. The second kappa shape index (κ2) is 11.1. The molecule has 1 fully saturated rings. The zero-order chi connectivity index (χ0) is 20.6. The molecule has 1 aliphatic rings. The molecule has 0 amide bonds. The molecular formula is C24H34O4S. The van der Waals surface area contributed by atoms with Crippen LogP contribution in [0.15, 0.2) is 30.3 Å². The molecule has 1 aromatic carbocycles. The molecule has 29 heavy (non-hydrogen) atoms. The van der Waals surface area contributed by atoms with Crippen LogP contribution < -0.4 is 0 Å². The van der Waals surface area contributed by atoms with Crippen LogP contribution in [0.2, 0.25) is 0 Å². The van der Waals surface area contributed by atoms with E-state index >= 15 is 0 Å². The molecule has 2 unspecified atom stereocenters. The Labute approximate surface area is 177 Å². The Balaban J connectivity index is 1.41. The average Bonchev–Trinajstić information content (AvgIpc) is 3.32. The van der Waals surface area contributed by atoms with Gasteiger partial charge in [-0.15, -0.1) is 11.3 Å². The molecule has 2 aromatic rings. The quantitative estimate of drug-likeness (QED) is 0.367. The molecule has 1 saturated carbocycles. The number of rotatable bonds is 11. The minimum Gasteiger partial charge on any atom is -0.469 e. The van der Waals surface area contributed by atoms with Gasteiger partial charge in [-0.05, 0) is 61.5 Å². The number of aliphatic hydroxyl groups excluding tert-OH is 2. The highest BCUT2D eigenvalue weighted by molar-refractivity contribution is 7.19. The zero-order valence-corrected chi connectivity index (χ0v) is 18.2. The smallest absolute Gasteiger partial charge is 0.305 e. The first-order valence-electron chi connectivity index (χ1n) is 11.0. The Morgan fingerprint density at radius 1 is 1.17 bits per heavy atom. The van der Waals surface area contributed by atoms with Gasteiger partial charge in [-0.25, -0.2) is 0 Å². The van der Waals surface area contributed by atoms with Gasteiger partial charge in [0.25, 0.3) is 0 Å². The molecule has 0 saturated heterocycles. The molecule has 1 heterocycles. The van der Waals surface area contributed by atoms with Crippen molar-refractivity contribution in [2.75, 3.05) is 7.11 Å². The second-order valence-corrected chi connectivity index (χ2v) is 9.49. The zero-order valence-electron chi connectivity index (χ0n) is 17.4. The third-order valence-electron chi connectivity index (χ3n) is 6.41. The van der Waals surface area contributed by atoms with Crippen molar-refractivity contribution in [3.05, 3.63) is 35.2 Å². The van der Waals surface area contributed by atoms with E-state index in [1.807, 2.05) is 12.1 Å². The van der Waals surface area contributed by atoms with Gasteiger partial charge < -0.3 is 14.9 Å². The van der Waals surface area contributed by atoms with Crippen LogP contribution in [0.3, 0.4) is 0 Å². The van der Waals surface area contributed by atoms with E-state index < -0.39 is 6.10 Å². The van der Waals surface area contributed by atoms with Gasteiger partial charge in [0.1, 0.15) is 0 Å². The molecule has 0 aliphatic heterocycles. The molecular weight excluding hydrogens is 384 g/mol. The van der Waals surface area contributed by atoms with Crippen molar-refractivity contribution in [3.8, 4) is 0 Å². The highest BCUT2D eigenvalue weighted by atomic mass is 32.1. The summed E-state index contributed by atoms with van der Waals surface area (Å²) in [6, 6.07) is 10.3. The number of hydrogen-bond donors (Lipinski definition) is 2. The highest BCUT2D eigenvalue weighted by Gasteiger charge is 2.34. The predicted octanol–water partition coefficient (Wildman–Crippen LogP) is 5.62. The van der Waals surface area contributed by atoms with Gasteiger partial charge in [0.05, 0.1) is 19.3 Å². The van der Waals surface area contributed by atoms with Crippen LogP contribution in [0.4, 0.5) is 0 Å². The van der Waals surface area contributed by atoms with Gasteiger partial charge >= 0.3 is 5.97 Å². The standard InChI is InChI=1S/C24H34O4S/c1-28-24(27)11-5-3-2-4-8-17-12-14-20(25)19(17)13-15-21(26)23-16-18-9-6-7-10-22(18)29-23/h6-7,9-10,16-17,19-21,25-26H,2-5,8,11-15H2,1H3/t17?,19-,20-,21?/m1/s1. The Morgan fingerprint density at radius 3 is 2.76 bits per heavy atom. The number of thiophene rings is 1. The Hall–Kier alpha value is -1.43. The molecule has 160 valence electrons. The number of aliphatic hydroxyl groups is 2. The molecule has 0 bridgehead atoms. The van der Waals surface area contributed by atoms with Gasteiger partial charge in [-0.3, -0.25) is 4.79 Å². The van der Waals surface area contributed by atoms with Gasteiger partial charge in [0, 0.05) is 16.0 Å². The summed E-state index contributed by atoms with van der Waals surface area (Å²) < 4.78 is 5.89. The maximum absolute atomic E-state index is 11.1. The molecule has 1 aromatic heterocycles. The minimum atomic E-state index is -0.445. The molecule has 5 heteroatoms. The second-order valence-electron chi connectivity index (χ2n) is 8.38. The maximum Gasteiger partial charge on any atom is 0.305 e. The third kappa shape index (κ3) is 6.27. The van der Waals surface area contributed by atoms with Crippen LogP contribution in [-0.4, -0.2) is 29.4 Å². The van der Waals surface area contributed by atoms with Crippen molar-refractivity contribution >= 4 is 27.4 Å². The van der Waals surface area contributed by atoms with Crippen molar-refractivity contribution in [1.29, 1.82) is 0 Å². The first kappa shape index (κ1) is 22.3. The van der Waals surface area contributed by atoms with Crippen LogP contribution in [0.5, 0.6) is 0 Å². The molecule has 1 aliphatic carbocycles. The average molecular weight is 419 g/mol. The van der Waals surface area contributed by atoms with E-state index in [9.17, 15) is 15.0 Å². The predicted molar refractivity (Wildman–Crippen MR) is 118 cm³/mol. The summed E-state index contributed by atoms with van der Waals surface area (Å²) in [5, 5.41) is 22.3. The fourth-order valence-corrected chi connectivity index (χ4v) is 5.79. The number of carbonyl (C=O) groups excluding carboxylic acids is 1. The summed E-state index contributed by atoms with van der Waals surface area (Å²) in [7, 11) is 1.44. The van der Waals surface area contributed by atoms with E-state index in [0.717, 1.165) is 56.2 Å². The van der Waals surface area contributed by atoms with Crippen LogP contribution >= 0.6 is 11.3 Å². The largest absolute Gasteiger partial charge is 0.469 e. The number of hydrogen-bond acceptors (Lipinski definition) is 5. The summed E-state index contributed by atoms with van der Waals surface area (Å²) in [5.41, 5.74) is 0. The molecule has 3 rings (SSSR count). The Morgan fingerprint density at radius 2 is 1.97 bits per heavy atom. The molecule has 4 atom stereocenters. The number of benzene rings is 1. The lowest BCUT2D eigenvalue weighted by Gasteiger charge is -2.23. The molecule has 0 spiro atoms. The number of esters is 1. The van der Waals surface area contributed by atoms with Crippen LogP contribution in [0, 0.1) is 11.8 Å². The van der Waals surface area contributed by atoms with E-state index in [0.29, 0.717) is 24.7 Å². The van der Waals surface area contributed by atoms with Gasteiger partial charge in [0.2, 0.25) is 0 Å². The molecule has 2 N–H and O–H groups in total. The van der Waals surface area contributed by atoms with E-state index in [1.54, 1.807) is 11.3 Å². The number of unbranched alkanes of at least 4 members (excludes halogenated alkanes) is 3. The summed E-state index contributed by atoms with van der Waals surface area (Å²) in [6.45, 7) is 0. The van der Waals surface area contributed by atoms with Gasteiger partial charge in [-0.2, -0.15) is 0 Å². The lowest BCUT2D eigenvalue weighted by atomic mass is 9.85. The lowest BCUT2D eigenvalue weighted by molar-refractivity contribution is -0.140. The summed E-state index contributed by atoms with van der Waals surface area (Å²) in [5.74, 6) is 0.732. The normalized spacial score (nSPS) is 22.8. The SMILES string of the molecule is COC(=O)CCCCCCC1CC[C@@H](O)[C@@H]1CCC(O)c1cc2ccccc2s1. The van der Waals surface area contributed by atoms with Gasteiger partial charge in [0.15, 0.2) is 0 Å². The summed E-state index contributed by atoms with van der Waals surface area (Å²) in [4.78, 5) is 12.2. The van der Waals surface area contributed by atoms with Crippen molar-refractivity contribution in [3.63, 3.8) is 0 Å². The number of methoxy groups -OCH3 is 1. The number of carbonyl (C=O) groups is 1. The number of ether oxygens (including phenoxy) is 1. The monoisotopic (exact) mass is 418 g/mol. The summed E-state index contributed by atoms with van der Waals surface area (Å²) >= 11 is 1.67. The van der Waals surface area contributed by atoms with Crippen molar-refractivity contribution in [2.45, 2.75) is 76.4 Å². The Bertz CT molecular complexity index is 738. The Kier molecular flexibility index (Phi) is 8.52. The van der Waals surface area contributed by atoms with Crippen LogP contribution in [0.25, 0.3) is 10.1 Å². The highest BCUT2D eigenvalue weighted by Crippen LogP contribution is 2.40. The van der Waals surface area contributed by atoms with Crippen LogP contribution in [-0.2, 0) is 9.53 Å². The first-order valence-corrected chi connectivity index (χ1v) is 11.8.